The normalized spacial score (nSPS) is 11.7. The third-order valence-electron chi connectivity index (χ3n) is 3.30. The Balaban J connectivity index is 2.34. The summed E-state index contributed by atoms with van der Waals surface area (Å²) < 4.78 is 32.2. The average Bonchev–Trinajstić information content (AvgIpc) is 2.84. The largest absolute Gasteiger partial charge is 0.481 e. The van der Waals surface area contributed by atoms with Crippen molar-refractivity contribution in [3.63, 3.8) is 0 Å². The van der Waals surface area contributed by atoms with Gasteiger partial charge in [-0.15, -0.1) is 0 Å². The van der Waals surface area contributed by atoms with E-state index in [0.29, 0.717) is 22.5 Å². The van der Waals surface area contributed by atoms with Crippen LogP contribution in [-0.4, -0.2) is 24.5 Å². The van der Waals surface area contributed by atoms with Gasteiger partial charge in [-0.3, -0.25) is 0 Å². The highest BCUT2D eigenvalue weighted by molar-refractivity contribution is 7.90. The number of hydrogen-bond donors (Lipinski definition) is 0. The predicted octanol–water partition coefficient (Wildman–Crippen LogP) is 2.59. The molecule has 2 heterocycles. The second kappa shape index (κ2) is 4.89. The van der Waals surface area contributed by atoms with Crippen molar-refractivity contribution in [3.05, 3.63) is 54.4 Å². The van der Waals surface area contributed by atoms with Crippen LogP contribution in [0.25, 0.3) is 10.9 Å². The molecule has 0 saturated heterocycles. The molecule has 3 rings (SSSR count). The van der Waals surface area contributed by atoms with Crippen molar-refractivity contribution in [3.8, 4) is 5.88 Å². The molecule has 0 bridgehead atoms. The second-order valence-corrected chi connectivity index (χ2v) is 6.41. The molecule has 0 aliphatic heterocycles. The molecule has 21 heavy (non-hydrogen) atoms. The molecule has 0 unspecified atom stereocenters. The van der Waals surface area contributed by atoms with E-state index in [-0.39, 0.29) is 4.90 Å². The standard InChI is InChI=1S/C15H14N2O3S/c1-11-10-13-14(8-9-16-15(13)20-2)17(11)21(18,19)12-6-4-3-5-7-12/h3-10H,1-2H3. The van der Waals surface area contributed by atoms with Gasteiger partial charge in [-0.2, -0.15) is 0 Å². The quantitative estimate of drug-likeness (QED) is 0.746. The van der Waals surface area contributed by atoms with E-state index in [2.05, 4.69) is 4.98 Å². The Labute approximate surface area is 122 Å². The number of nitrogens with zero attached hydrogens (tertiary/aromatic N) is 2. The number of hydrogen-bond acceptors (Lipinski definition) is 4. The lowest BCUT2D eigenvalue weighted by Gasteiger charge is -2.10. The van der Waals surface area contributed by atoms with E-state index < -0.39 is 10.0 Å². The lowest BCUT2D eigenvalue weighted by molar-refractivity contribution is 0.403. The van der Waals surface area contributed by atoms with E-state index in [1.807, 2.05) is 0 Å². The first kappa shape index (κ1) is 13.6. The van der Waals surface area contributed by atoms with Gasteiger partial charge in [0.25, 0.3) is 10.0 Å². The fourth-order valence-electron chi connectivity index (χ4n) is 2.39. The summed E-state index contributed by atoms with van der Waals surface area (Å²) in [5.41, 5.74) is 1.17. The van der Waals surface area contributed by atoms with E-state index in [4.69, 9.17) is 4.74 Å². The van der Waals surface area contributed by atoms with Crippen LogP contribution in [0.2, 0.25) is 0 Å². The molecule has 0 atom stereocenters. The minimum atomic E-state index is -3.64. The zero-order valence-electron chi connectivity index (χ0n) is 11.6. The van der Waals surface area contributed by atoms with Gasteiger partial charge in [-0.25, -0.2) is 17.4 Å². The molecule has 0 N–H and O–H groups in total. The summed E-state index contributed by atoms with van der Waals surface area (Å²) in [5, 5.41) is 0.678. The maximum Gasteiger partial charge on any atom is 0.268 e. The predicted molar refractivity (Wildman–Crippen MR) is 80.0 cm³/mol. The molecule has 0 radical (unpaired) electrons. The van der Waals surface area contributed by atoms with Gasteiger partial charge >= 0.3 is 0 Å². The molecule has 3 aromatic rings. The first-order chi connectivity index (χ1) is 10.1. The summed E-state index contributed by atoms with van der Waals surface area (Å²) in [6, 6.07) is 11.8. The number of ether oxygens (including phenoxy) is 1. The topological polar surface area (TPSA) is 61.2 Å². The smallest absolute Gasteiger partial charge is 0.268 e. The molecule has 5 nitrogen and oxygen atoms in total. The molecular weight excluding hydrogens is 288 g/mol. The first-order valence-electron chi connectivity index (χ1n) is 6.37. The van der Waals surface area contributed by atoms with Gasteiger partial charge in [-0.1, -0.05) is 18.2 Å². The maximum absolute atomic E-state index is 12.8. The Morgan fingerprint density at radius 1 is 1.14 bits per heavy atom. The Bertz CT molecular complexity index is 899. The van der Waals surface area contributed by atoms with E-state index in [9.17, 15) is 8.42 Å². The van der Waals surface area contributed by atoms with Crippen LogP contribution in [0.4, 0.5) is 0 Å². The van der Waals surface area contributed by atoms with Gasteiger partial charge in [0.05, 0.1) is 22.9 Å². The highest BCUT2D eigenvalue weighted by atomic mass is 32.2. The molecule has 0 spiro atoms. The van der Waals surface area contributed by atoms with Crippen molar-refractivity contribution in [2.75, 3.05) is 7.11 Å². The van der Waals surface area contributed by atoms with Crippen molar-refractivity contribution in [2.24, 2.45) is 0 Å². The van der Waals surface area contributed by atoms with Crippen LogP contribution in [0, 0.1) is 6.92 Å². The molecule has 6 heteroatoms. The number of benzene rings is 1. The number of aromatic nitrogens is 2. The van der Waals surface area contributed by atoms with E-state index >= 15 is 0 Å². The third kappa shape index (κ3) is 2.08. The third-order valence-corrected chi connectivity index (χ3v) is 5.13. The van der Waals surface area contributed by atoms with E-state index in [1.165, 1.54) is 17.3 Å². The molecule has 1 aromatic carbocycles. The van der Waals surface area contributed by atoms with Gasteiger partial charge in [0.15, 0.2) is 0 Å². The molecule has 0 amide bonds. The Morgan fingerprint density at radius 3 is 2.52 bits per heavy atom. The summed E-state index contributed by atoms with van der Waals surface area (Å²) in [7, 11) is -2.13. The van der Waals surface area contributed by atoms with Crippen LogP contribution in [-0.2, 0) is 10.0 Å². The zero-order valence-corrected chi connectivity index (χ0v) is 12.5. The van der Waals surface area contributed by atoms with Crippen LogP contribution in [0.5, 0.6) is 5.88 Å². The van der Waals surface area contributed by atoms with Crippen molar-refractivity contribution < 1.29 is 13.2 Å². The molecule has 2 aromatic heterocycles. The fraction of sp³-hybridized carbons (Fsp3) is 0.133. The molecule has 0 aliphatic carbocycles. The zero-order chi connectivity index (χ0) is 15.0. The molecular formula is C15H14N2O3S. The van der Waals surface area contributed by atoms with Crippen LogP contribution in [0.15, 0.2) is 53.6 Å². The highest BCUT2D eigenvalue weighted by Gasteiger charge is 2.22. The number of pyridine rings is 1. The second-order valence-electron chi connectivity index (χ2n) is 4.62. The van der Waals surface area contributed by atoms with Crippen LogP contribution >= 0.6 is 0 Å². The van der Waals surface area contributed by atoms with E-state index in [0.717, 1.165) is 0 Å². The molecule has 0 saturated carbocycles. The minimum Gasteiger partial charge on any atom is -0.481 e. The molecule has 0 aliphatic rings. The summed E-state index contributed by atoms with van der Waals surface area (Å²) in [5.74, 6) is 0.414. The average molecular weight is 302 g/mol. The summed E-state index contributed by atoms with van der Waals surface area (Å²) >= 11 is 0. The van der Waals surface area contributed by atoms with Crippen molar-refractivity contribution >= 4 is 20.9 Å². The van der Waals surface area contributed by atoms with Gasteiger partial charge in [0.1, 0.15) is 0 Å². The number of rotatable bonds is 3. The summed E-state index contributed by atoms with van der Waals surface area (Å²) in [6.45, 7) is 1.75. The van der Waals surface area contributed by atoms with Gasteiger partial charge in [0, 0.05) is 11.9 Å². The molecule has 108 valence electrons. The lowest BCUT2D eigenvalue weighted by Crippen LogP contribution is -2.14. The summed E-state index contributed by atoms with van der Waals surface area (Å²) in [4.78, 5) is 4.36. The van der Waals surface area contributed by atoms with Gasteiger partial charge in [0.2, 0.25) is 5.88 Å². The Morgan fingerprint density at radius 2 is 1.86 bits per heavy atom. The highest BCUT2D eigenvalue weighted by Crippen LogP contribution is 2.29. The van der Waals surface area contributed by atoms with Gasteiger partial charge < -0.3 is 4.74 Å². The van der Waals surface area contributed by atoms with Crippen LogP contribution in [0.1, 0.15) is 5.69 Å². The lowest BCUT2D eigenvalue weighted by atomic mass is 10.3. The monoisotopic (exact) mass is 302 g/mol. The van der Waals surface area contributed by atoms with Crippen molar-refractivity contribution in [2.45, 2.75) is 11.8 Å². The fourth-order valence-corrected chi connectivity index (χ4v) is 3.96. The summed E-state index contributed by atoms with van der Waals surface area (Å²) in [6.07, 6.45) is 1.54. The van der Waals surface area contributed by atoms with Crippen molar-refractivity contribution in [1.82, 2.24) is 8.96 Å². The molecule has 0 fully saturated rings. The number of fused-ring (bicyclic) bond motifs is 1. The van der Waals surface area contributed by atoms with Gasteiger partial charge in [-0.05, 0) is 31.2 Å². The Hall–Kier alpha value is -2.34. The van der Waals surface area contributed by atoms with Crippen LogP contribution in [0.3, 0.4) is 0 Å². The SMILES string of the molecule is COc1nccc2c1cc(C)n2S(=O)(=O)c1ccccc1. The first-order valence-corrected chi connectivity index (χ1v) is 7.81. The van der Waals surface area contributed by atoms with E-state index in [1.54, 1.807) is 49.4 Å². The maximum atomic E-state index is 12.8. The Kier molecular flexibility index (Phi) is 3.17. The van der Waals surface area contributed by atoms with Crippen molar-refractivity contribution in [1.29, 1.82) is 0 Å². The number of methoxy groups -OCH3 is 1. The van der Waals surface area contributed by atoms with Crippen LogP contribution < -0.4 is 4.74 Å². The number of aryl methyl sites for hydroxylation is 1. The minimum absolute atomic E-state index is 0.251.